The maximum atomic E-state index is 12.1. The van der Waals surface area contributed by atoms with Gasteiger partial charge in [-0.2, -0.15) is 0 Å². The lowest BCUT2D eigenvalue weighted by molar-refractivity contribution is -0.142. The zero-order chi connectivity index (χ0) is 12.3. The third kappa shape index (κ3) is 3.68. The van der Waals surface area contributed by atoms with Crippen LogP contribution in [-0.4, -0.2) is 48.7 Å². The lowest BCUT2D eigenvalue weighted by atomic mass is 10.2. The Morgan fingerprint density at radius 3 is 2.41 bits per heavy atom. The fourth-order valence-corrected chi connectivity index (χ4v) is 2.85. The summed E-state index contributed by atoms with van der Waals surface area (Å²) >= 11 is 0. The molecular formula is C13H24N2O2. The summed E-state index contributed by atoms with van der Waals surface area (Å²) in [7, 11) is 0. The van der Waals surface area contributed by atoms with E-state index in [9.17, 15) is 4.79 Å². The van der Waals surface area contributed by atoms with Gasteiger partial charge in [0.1, 0.15) is 0 Å². The first-order valence-corrected chi connectivity index (χ1v) is 6.82. The normalized spacial score (nSPS) is 30.8. The van der Waals surface area contributed by atoms with Crippen LogP contribution in [0, 0.1) is 0 Å². The zero-order valence-corrected chi connectivity index (χ0v) is 10.9. The zero-order valence-electron chi connectivity index (χ0n) is 10.9. The Bertz CT molecular complexity index is 254. The highest BCUT2D eigenvalue weighted by atomic mass is 16.5. The van der Waals surface area contributed by atoms with E-state index in [-0.39, 0.29) is 18.1 Å². The van der Waals surface area contributed by atoms with Crippen LogP contribution in [0.25, 0.3) is 0 Å². The number of hydrogen-bond donors (Lipinski definition) is 1. The summed E-state index contributed by atoms with van der Waals surface area (Å²) in [6, 6.07) is 0.565. The predicted octanol–water partition coefficient (Wildman–Crippen LogP) is 1.15. The number of nitrogens with one attached hydrogen (secondary N) is 1. The van der Waals surface area contributed by atoms with Crippen molar-refractivity contribution in [2.24, 2.45) is 0 Å². The van der Waals surface area contributed by atoms with Crippen molar-refractivity contribution in [1.82, 2.24) is 10.2 Å². The van der Waals surface area contributed by atoms with Crippen molar-refractivity contribution in [3.05, 3.63) is 0 Å². The summed E-state index contributed by atoms with van der Waals surface area (Å²) < 4.78 is 5.63. The standard InChI is InChI=1S/C13H24N2O2/c1-10-8-15(9-11(2)17-10)13(16)7-14-12-5-3-4-6-12/h10-12,14H,3-9H2,1-2H3. The van der Waals surface area contributed by atoms with Gasteiger partial charge in [-0.1, -0.05) is 12.8 Å². The largest absolute Gasteiger partial charge is 0.372 e. The number of morpholine rings is 1. The molecule has 2 aliphatic rings. The smallest absolute Gasteiger partial charge is 0.236 e. The third-order valence-corrected chi connectivity index (χ3v) is 3.67. The second kappa shape index (κ2) is 5.83. The van der Waals surface area contributed by atoms with Gasteiger partial charge in [0.2, 0.25) is 5.91 Å². The minimum absolute atomic E-state index is 0.161. The maximum Gasteiger partial charge on any atom is 0.236 e. The van der Waals surface area contributed by atoms with E-state index in [2.05, 4.69) is 5.32 Å². The van der Waals surface area contributed by atoms with E-state index < -0.39 is 0 Å². The third-order valence-electron chi connectivity index (χ3n) is 3.67. The first-order chi connectivity index (χ1) is 8.15. The van der Waals surface area contributed by atoms with Crippen LogP contribution in [0.5, 0.6) is 0 Å². The topological polar surface area (TPSA) is 41.6 Å². The molecule has 17 heavy (non-hydrogen) atoms. The van der Waals surface area contributed by atoms with Gasteiger partial charge in [0, 0.05) is 19.1 Å². The van der Waals surface area contributed by atoms with Crippen LogP contribution < -0.4 is 5.32 Å². The minimum atomic E-state index is 0.161. The average molecular weight is 240 g/mol. The van der Waals surface area contributed by atoms with E-state index in [0.29, 0.717) is 12.6 Å². The Kier molecular flexibility index (Phi) is 4.40. The number of hydrogen-bond acceptors (Lipinski definition) is 3. The monoisotopic (exact) mass is 240 g/mol. The lowest BCUT2D eigenvalue weighted by Gasteiger charge is -2.35. The van der Waals surface area contributed by atoms with E-state index in [1.807, 2.05) is 18.7 Å². The summed E-state index contributed by atoms with van der Waals surface area (Å²) in [5, 5.41) is 3.38. The summed E-state index contributed by atoms with van der Waals surface area (Å²) in [6.45, 7) is 6.01. The quantitative estimate of drug-likeness (QED) is 0.804. The molecule has 98 valence electrons. The maximum absolute atomic E-state index is 12.1. The van der Waals surface area contributed by atoms with E-state index in [1.165, 1.54) is 25.7 Å². The molecule has 1 saturated heterocycles. The second-order valence-corrected chi connectivity index (χ2v) is 5.42. The van der Waals surface area contributed by atoms with Crippen LogP contribution in [0.2, 0.25) is 0 Å². The van der Waals surface area contributed by atoms with Gasteiger partial charge in [-0.05, 0) is 26.7 Å². The van der Waals surface area contributed by atoms with Crippen LogP contribution >= 0.6 is 0 Å². The fraction of sp³-hybridized carbons (Fsp3) is 0.923. The van der Waals surface area contributed by atoms with Crippen molar-refractivity contribution in [2.45, 2.75) is 57.8 Å². The highest BCUT2D eigenvalue weighted by Gasteiger charge is 2.26. The summed E-state index contributed by atoms with van der Waals surface area (Å²) in [5.41, 5.74) is 0. The van der Waals surface area contributed by atoms with Crippen LogP contribution in [-0.2, 0) is 9.53 Å². The molecule has 0 bridgehead atoms. The molecule has 0 radical (unpaired) electrons. The van der Waals surface area contributed by atoms with E-state index in [4.69, 9.17) is 4.74 Å². The van der Waals surface area contributed by atoms with Gasteiger partial charge in [0.15, 0.2) is 0 Å². The predicted molar refractivity (Wildman–Crippen MR) is 66.8 cm³/mol. The molecule has 4 heteroatoms. The number of carbonyl (C=O) groups is 1. The van der Waals surface area contributed by atoms with E-state index in [1.54, 1.807) is 0 Å². The molecular weight excluding hydrogens is 216 g/mol. The van der Waals surface area contributed by atoms with Crippen molar-refractivity contribution in [3.8, 4) is 0 Å². The molecule has 1 aliphatic carbocycles. The second-order valence-electron chi connectivity index (χ2n) is 5.42. The van der Waals surface area contributed by atoms with Gasteiger partial charge < -0.3 is 15.0 Å². The number of ether oxygens (including phenoxy) is 1. The van der Waals surface area contributed by atoms with Crippen LogP contribution in [0.1, 0.15) is 39.5 Å². The molecule has 0 spiro atoms. The average Bonchev–Trinajstić information content (AvgIpc) is 2.77. The molecule has 1 amide bonds. The Labute approximate surface area is 104 Å². The van der Waals surface area contributed by atoms with Crippen LogP contribution in [0.3, 0.4) is 0 Å². The lowest BCUT2D eigenvalue weighted by Crippen LogP contribution is -2.51. The van der Waals surface area contributed by atoms with Crippen molar-refractivity contribution in [2.75, 3.05) is 19.6 Å². The molecule has 0 aromatic rings. The van der Waals surface area contributed by atoms with Gasteiger partial charge in [0.25, 0.3) is 0 Å². The molecule has 1 N–H and O–H groups in total. The molecule has 2 fully saturated rings. The SMILES string of the molecule is CC1CN(C(=O)CNC2CCCC2)CC(C)O1. The Morgan fingerprint density at radius 1 is 1.24 bits per heavy atom. The minimum Gasteiger partial charge on any atom is -0.372 e. The highest BCUT2D eigenvalue weighted by Crippen LogP contribution is 2.17. The van der Waals surface area contributed by atoms with Gasteiger partial charge in [-0.25, -0.2) is 0 Å². The summed E-state index contributed by atoms with van der Waals surface area (Å²) in [5.74, 6) is 0.221. The summed E-state index contributed by atoms with van der Waals surface area (Å²) in [6.07, 6.45) is 5.38. The number of rotatable bonds is 3. The van der Waals surface area contributed by atoms with E-state index >= 15 is 0 Å². The van der Waals surface area contributed by atoms with Gasteiger partial charge in [0.05, 0.1) is 18.8 Å². The summed E-state index contributed by atoms with van der Waals surface area (Å²) in [4.78, 5) is 14.0. The molecule has 1 aliphatic heterocycles. The van der Waals surface area contributed by atoms with Gasteiger partial charge in [-0.3, -0.25) is 4.79 Å². The van der Waals surface area contributed by atoms with Crippen molar-refractivity contribution >= 4 is 5.91 Å². The molecule has 2 unspecified atom stereocenters. The molecule has 2 atom stereocenters. The van der Waals surface area contributed by atoms with Crippen molar-refractivity contribution in [3.63, 3.8) is 0 Å². The molecule has 0 aromatic carbocycles. The molecule has 2 rings (SSSR count). The molecule has 1 saturated carbocycles. The molecule has 1 heterocycles. The highest BCUT2D eigenvalue weighted by molar-refractivity contribution is 5.78. The Hall–Kier alpha value is -0.610. The Balaban J connectivity index is 1.74. The Morgan fingerprint density at radius 2 is 1.82 bits per heavy atom. The van der Waals surface area contributed by atoms with Crippen molar-refractivity contribution < 1.29 is 9.53 Å². The van der Waals surface area contributed by atoms with E-state index in [0.717, 1.165) is 13.1 Å². The number of amides is 1. The van der Waals surface area contributed by atoms with Crippen LogP contribution in [0.15, 0.2) is 0 Å². The van der Waals surface area contributed by atoms with Crippen molar-refractivity contribution in [1.29, 1.82) is 0 Å². The van der Waals surface area contributed by atoms with Crippen LogP contribution in [0.4, 0.5) is 0 Å². The molecule has 4 nitrogen and oxygen atoms in total. The first kappa shape index (κ1) is 12.8. The van der Waals surface area contributed by atoms with Gasteiger partial charge >= 0.3 is 0 Å². The molecule has 0 aromatic heterocycles. The van der Waals surface area contributed by atoms with Gasteiger partial charge in [-0.15, -0.1) is 0 Å². The first-order valence-electron chi connectivity index (χ1n) is 6.82. The number of carbonyl (C=O) groups excluding carboxylic acids is 1. The number of nitrogens with zero attached hydrogens (tertiary/aromatic N) is 1. The fourth-order valence-electron chi connectivity index (χ4n) is 2.85.